The zero-order chi connectivity index (χ0) is 12.5. The van der Waals surface area contributed by atoms with Crippen molar-refractivity contribution in [1.29, 1.82) is 0 Å². The summed E-state index contributed by atoms with van der Waals surface area (Å²) in [6, 6.07) is 0. The Morgan fingerprint density at radius 3 is 2.82 bits per heavy atom. The Hall–Kier alpha value is 0.0700. The van der Waals surface area contributed by atoms with Crippen LogP contribution >= 0.6 is 27.3 Å². The summed E-state index contributed by atoms with van der Waals surface area (Å²) in [6.07, 6.45) is 5.18. The molecule has 4 heteroatoms. The van der Waals surface area contributed by atoms with E-state index in [2.05, 4.69) is 34.8 Å². The van der Waals surface area contributed by atoms with E-state index in [1.165, 1.54) is 6.42 Å². The van der Waals surface area contributed by atoms with E-state index in [1.807, 2.05) is 5.38 Å². The van der Waals surface area contributed by atoms with Gasteiger partial charge in [0.25, 0.3) is 0 Å². The molecule has 1 fully saturated rings. The van der Waals surface area contributed by atoms with Crippen molar-refractivity contribution in [3.8, 4) is 0 Å². The summed E-state index contributed by atoms with van der Waals surface area (Å²) >= 11 is 4.93. The third-order valence-corrected chi connectivity index (χ3v) is 5.66. The second-order valence-electron chi connectivity index (χ2n) is 5.44. The molecule has 0 aliphatic heterocycles. The summed E-state index contributed by atoms with van der Waals surface area (Å²) in [4.78, 5) is 4.40. The number of hydrogen-bond donors (Lipinski definition) is 1. The van der Waals surface area contributed by atoms with Gasteiger partial charge in [0.15, 0.2) is 0 Å². The summed E-state index contributed by atoms with van der Waals surface area (Å²) in [5, 5.41) is 13.6. The molecule has 0 radical (unpaired) electrons. The summed E-state index contributed by atoms with van der Waals surface area (Å²) in [5.74, 6) is 1.48. The predicted octanol–water partition coefficient (Wildman–Crippen LogP) is 4.33. The van der Waals surface area contributed by atoms with Crippen molar-refractivity contribution in [1.82, 2.24) is 4.98 Å². The van der Waals surface area contributed by atoms with Crippen molar-refractivity contribution in [2.45, 2.75) is 51.6 Å². The molecule has 1 aliphatic carbocycles. The average Bonchev–Trinajstić information content (AvgIpc) is 2.59. The minimum absolute atomic E-state index is 0.680. The molecule has 0 bridgehead atoms. The molecule has 1 heterocycles. The van der Waals surface area contributed by atoms with Crippen molar-refractivity contribution >= 4 is 27.3 Å². The van der Waals surface area contributed by atoms with Gasteiger partial charge in [0.1, 0.15) is 15.2 Å². The van der Waals surface area contributed by atoms with Crippen LogP contribution in [-0.2, 0) is 5.60 Å². The third kappa shape index (κ3) is 3.09. The van der Waals surface area contributed by atoms with Crippen LogP contribution in [0, 0.1) is 11.8 Å². The Kier molecular flexibility index (Phi) is 4.26. The molecule has 0 saturated heterocycles. The minimum atomic E-state index is -0.680. The number of nitrogens with zero attached hydrogens (tertiary/aromatic N) is 1. The fourth-order valence-electron chi connectivity index (χ4n) is 2.70. The van der Waals surface area contributed by atoms with Gasteiger partial charge < -0.3 is 5.11 Å². The quantitative estimate of drug-likeness (QED) is 0.823. The van der Waals surface area contributed by atoms with Crippen LogP contribution in [0.25, 0.3) is 0 Å². The second-order valence-corrected chi connectivity index (χ2v) is 7.11. The van der Waals surface area contributed by atoms with Crippen LogP contribution in [0.15, 0.2) is 9.98 Å². The topological polar surface area (TPSA) is 33.1 Å². The number of hydrogen-bond acceptors (Lipinski definition) is 3. The highest BCUT2D eigenvalue weighted by atomic mass is 79.9. The highest BCUT2D eigenvalue weighted by molar-refractivity contribution is 9.10. The Bertz CT molecular complexity index is 379. The number of aromatic nitrogens is 1. The van der Waals surface area contributed by atoms with Crippen LogP contribution < -0.4 is 0 Å². The van der Waals surface area contributed by atoms with E-state index in [1.54, 1.807) is 11.3 Å². The van der Waals surface area contributed by atoms with E-state index < -0.39 is 5.60 Å². The van der Waals surface area contributed by atoms with Gasteiger partial charge in [-0.15, -0.1) is 11.3 Å². The van der Waals surface area contributed by atoms with Gasteiger partial charge in [0.05, 0.1) is 0 Å². The summed E-state index contributed by atoms with van der Waals surface area (Å²) in [7, 11) is 0. The van der Waals surface area contributed by atoms with E-state index in [9.17, 15) is 5.11 Å². The maximum absolute atomic E-state index is 10.8. The van der Waals surface area contributed by atoms with Gasteiger partial charge >= 0.3 is 0 Å². The summed E-state index contributed by atoms with van der Waals surface area (Å²) in [6.45, 7) is 4.57. The van der Waals surface area contributed by atoms with E-state index in [-0.39, 0.29) is 0 Å². The van der Waals surface area contributed by atoms with Crippen molar-refractivity contribution < 1.29 is 5.11 Å². The first kappa shape index (κ1) is 13.5. The minimum Gasteiger partial charge on any atom is -0.383 e. The number of rotatable bonds is 2. The van der Waals surface area contributed by atoms with Gasteiger partial charge in [-0.2, -0.15) is 0 Å². The van der Waals surface area contributed by atoms with Crippen LogP contribution in [0.4, 0.5) is 0 Å². The molecular formula is C13H20BrNOS. The van der Waals surface area contributed by atoms with Gasteiger partial charge in [-0.25, -0.2) is 4.98 Å². The molecular weight excluding hydrogens is 298 g/mol. The van der Waals surface area contributed by atoms with Crippen LogP contribution in [0.3, 0.4) is 0 Å². The lowest BCUT2D eigenvalue weighted by Gasteiger charge is -2.24. The number of halogens is 1. The monoisotopic (exact) mass is 317 g/mol. The lowest BCUT2D eigenvalue weighted by molar-refractivity contribution is 0.0188. The Balaban J connectivity index is 2.11. The highest BCUT2D eigenvalue weighted by Gasteiger charge is 2.35. The zero-order valence-electron chi connectivity index (χ0n) is 10.4. The molecule has 0 spiro atoms. The van der Waals surface area contributed by atoms with E-state index in [0.717, 1.165) is 47.1 Å². The van der Waals surface area contributed by atoms with Crippen LogP contribution in [-0.4, -0.2) is 10.1 Å². The first-order valence-corrected chi connectivity index (χ1v) is 8.02. The summed E-state index contributed by atoms with van der Waals surface area (Å²) in [5.41, 5.74) is -0.680. The molecule has 1 aliphatic rings. The second kappa shape index (κ2) is 5.37. The highest BCUT2D eigenvalue weighted by Crippen LogP contribution is 2.41. The average molecular weight is 318 g/mol. The molecule has 2 nitrogen and oxygen atoms in total. The van der Waals surface area contributed by atoms with Gasteiger partial charge in [0, 0.05) is 5.38 Å². The third-order valence-electron chi connectivity index (χ3n) is 3.91. The molecule has 17 heavy (non-hydrogen) atoms. The maximum atomic E-state index is 10.8. The zero-order valence-corrected chi connectivity index (χ0v) is 12.9. The van der Waals surface area contributed by atoms with Crippen LogP contribution in [0.5, 0.6) is 0 Å². The summed E-state index contributed by atoms with van der Waals surface area (Å²) < 4.78 is 0.843. The predicted molar refractivity (Wildman–Crippen MR) is 75.1 cm³/mol. The largest absolute Gasteiger partial charge is 0.383 e. The van der Waals surface area contributed by atoms with Gasteiger partial charge in [0.2, 0.25) is 0 Å². The van der Waals surface area contributed by atoms with E-state index >= 15 is 0 Å². The Morgan fingerprint density at radius 2 is 2.24 bits per heavy atom. The maximum Gasteiger partial charge on any atom is 0.126 e. The van der Waals surface area contributed by atoms with Crippen LogP contribution in [0.2, 0.25) is 0 Å². The Morgan fingerprint density at radius 1 is 1.47 bits per heavy atom. The molecule has 1 aromatic heterocycles. The fraction of sp³-hybridized carbons (Fsp3) is 0.769. The lowest BCUT2D eigenvalue weighted by Crippen LogP contribution is -2.24. The number of aliphatic hydroxyl groups is 1. The SMILES string of the molecule is CC(C)C1CCCC(O)(c2nc(Br)cs2)CC1. The molecule has 1 aromatic rings. The molecule has 1 saturated carbocycles. The van der Waals surface area contributed by atoms with E-state index in [0.29, 0.717) is 0 Å². The molecule has 0 aromatic carbocycles. The molecule has 0 amide bonds. The molecule has 1 N–H and O–H groups in total. The van der Waals surface area contributed by atoms with Crippen molar-refractivity contribution in [3.05, 3.63) is 15.0 Å². The van der Waals surface area contributed by atoms with Crippen molar-refractivity contribution in [2.24, 2.45) is 11.8 Å². The Labute approximate surface area is 116 Å². The molecule has 2 rings (SSSR count). The van der Waals surface area contributed by atoms with Crippen molar-refractivity contribution in [3.63, 3.8) is 0 Å². The smallest absolute Gasteiger partial charge is 0.126 e. The lowest BCUT2D eigenvalue weighted by atomic mass is 9.88. The van der Waals surface area contributed by atoms with Crippen LogP contribution in [0.1, 0.15) is 51.0 Å². The first-order chi connectivity index (χ1) is 8.01. The normalized spacial score (nSPS) is 30.5. The molecule has 96 valence electrons. The molecule has 2 unspecified atom stereocenters. The number of thiazole rings is 1. The molecule has 2 atom stereocenters. The standard InChI is InChI=1S/C13H20BrNOS/c1-9(2)10-4-3-6-13(16,7-5-10)12-15-11(14)8-17-12/h8-10,16H,3-7H2,1-2H3. The van der Waals surface area contributed by atoms with Gasteiger partial charge in [-0.1, -0.05) is 20.3 Å². The van der Waals surface area contributed by atoms with Gasteiger partial charge in [-0.3, -0.25) is 0 Å². The van der Waals surface area contributed by atoms with Crippen molar-refractivity contribution in [2.75, 3.05) is 0 Å². The van der Waals surface area contributed by atoms with Gasteiger partial charge in [-0.05, 0) is 53.4 Å². The van der Waals surface area contributed by atoms with E-state index in [4.69, 9.17) is 0 Å². The fourth-order valence-corrected chi connectivity index (χ4v) is 4.11. The first-order valence-electron chi connectivity index (χ1n) is 6.35.